The molecule has 158 valence electrons. The smallest absolute Gasteiger partial charge is 0.335 e. The molecular weight excluding hydrogens is 392 g/mol. The number of carboxylic acid groups (broad SMARTS) is 1. The van der Waals surface area contributed by atoms with E-state index >= 15 is 0 Å². The molecule has 0 radical (unpaired) electrons. The van der Waals surface area contributed by atoms with Gasteiger partial charge in [-0.3, -0.25) is 9.59 Å². The zero-order valence-corrected chi connectivity index (χ0v) is 17.9. The largest absolute Gasteiger partial charge is 0.478 e. The quantitative estimate of drug-likeness (QED) is 0.538. The molecule has 3 rings (SSSR count). The van der Waals surface area contributed by atoms with Crippen LogP contribution in [0.25, 0.3) is 0 Å². The molecule has 6 heteroatoms. The van der Waals surface area contributed by atoms with Crippen LogP contribution >= 0.6 is 0 Å². The van der Waals surface area contributed by atoms with Gasteiger partial charge in [0.1, 0.15) is 0 Å². The highest BCUT2D eigenvalue weighted by molar-refractivity contribution is 6.07. The molecule has 0 saturated carbocycles. The fraction of sp³-hybridized carbons (Fsp3) is 0.160. The number of hydrogen-bond donors (Lipinski definition) is 3. The number of aryl methyl sites for hydroxylation is 4. The van der Waals surface area contributed by atoms with Crippen LogP contribution in [0.3, 0.4) is 0 Å². The van der Waals surface area contributed by atoms with Gasteiger partial charge in [-0.05, 0) is 92.4 Å². The topological polar surface area (TPSA) is 95.5 Å². The molecule has 3 N–H and O–H groups in total. The minimum absolute atomic E-state index is 0.0479. The Morgan fingerprint density at radius 2 is 1.00 bits per heavy atom. The number of nitrogens with one attached hydrogen (secondary N) is 2. The zero-order chi connectivity index (χ0) is 22.7. The Labute approximate surface area is 180 Å². The lowest BCUT2D eigenvalue weighted by Gasteiger charge is -2.12. The van der Waals surface area contributed by atoms with Crippen LogP contribution in [0.1, 0.15) is 53.3 Å². The van der Waals surface area contributed by atoms with Gasteiger partial charge in [0, 0.05) is 22.5 Å². The third-order valence-corrected chi connectivity index (χ3v) is 5.23. The number of carbonyl (C=O) groups is 3. The predicted molar refractivity (Wildman–Crippen MR) is 121 cm³/mol. The van der Waals surface area contributed by atoms with Crippen LogP contribution in [-0.2, 0) is 0 Å². The number of carbonyl (C=O) groups excluding carboxylic acids is 2. The lowest BCUT2D eigenvalue weighted by molar-refractivity contribution is 0.0696. The highest BCUT2D eigenvalue weighted by Crippen LogP contribution is 2.22. The van der Waals surface area contributed by atoms with Crippen molar-refractivity contribution >= 4 is 29.2 Å². The van der Waals surface area contributed by atoms with Crippen LogP contribution < -0.4 is 10.6 Å². The number of hydrogen-bond acceptors (Lipinski definition) is 3. The Bertz CT molecular complexity index is 1110. The summed E-state index contributed by atoms with van der Waals surface area (Å²) in [5.74, 6) is -1.89. The maximum atomic E-state index is 12.6. The first kappa shape index (κ1) is 21.8. The van der Waals surface area contributed by atoms with E-state index in [0.717, 1.165) is 22.3 Å². The molecule has 6 nitrogen and oxygen atoms in total. The molecule has 3 aromatic carbocycles. The number of rotatable bonds is 5. The van der Waals surface area contributed by atoms with Gasteiger partial charge in [-0.15, -0.1) is 0 Å². The van der Waals surface area contributed by atoms with E-state index in [2.05, 4.69) is 10.6 Å². The summed E-state index contributed by atoms with van der Waals surface area (Å²) in [7, 11) is 0. The second kappa shape index (κ2) is 8.83. The number of anilines is 2. The minimum Gasteiger partial charge on any atom is -0.478 e. The number of carboxylic acids is 1. The molecule has 0 aliphatic heterocycles. The molecule has 0 aromatic heterocycles. The molecular formula is C25H24N2O4. The molecule has 0 aliphatic rings. The van der Waals surface area contributed by atoms with Gasteiger partial charge in [-0.1, -0.05) is 12.1 Å². The summed E-state index contributed by atoms with van der Waals surface area (Å²) in [5.41, 5.74) is 5.53. The molecule has 0 bridgehead atoms. The highest BCUT2D eigenvalue weighted by Gasteiger charge is 2.14. The molecule has 0 saturated heterocycles. The summed E-state index contributed by atoms with van der Waals surface area (Å²) in [6.45, 7) is 7.74. The number of benzene rings is 3. The normalized spacial score (nSPS) is 10.5. The van der Waals surface area contributed by atoms with E-state index in [1.54, 1.807) is 24.3 Å². The lowest BCUT2D eigenvalue weighted by Crippen LogP contribution is -2.15. The van der Waals surface area contributed by atoms with Gasteiger partial charge in [0.15, 0.2) is 0 Å². The Kier molecular flexibility index (Phi) is 6.20. The van der Waals surface area contributed by atoms with Crippen LogP contribution in [-0.4, -0.2) is 22.9 Å². The summed E-state index contributed by atoms with van der Waals surface area (Å²) in [5, 5.41) is 14.9. The molecule has 0 aliphatic carbocycles. The second-order valence-corrected chi connectivity index (χ2v) is 7.61. The average Bonchev–Trinajstić information content (AvgIpc) is 2.71. The van der Waals surface area contributed by atoms with Crippen LogP contribution in [0.2, 0.25) is 0 Å². The third-order valence-electron chi connectivity index (χ3n) is 5.23. The van der Waals surface area contributed by atoms with E-state index < -0.39 is 5.97 Å². The van der Waals surface area contributed by atoms with Crippen molar-refractivity contribution in [1.29, 1.82) is 0 Å². The van der Waals surface area contributed by atoms with Gasteiger partial charge in [-0.2, -0.15) is 0 Å². The standard InChI is InChI=1S/C25H24N2O4/c1-14-5-7-18(9-16(14)3)23(28)26-21-11-20(25(30)31)12-22(13-21)27-24(29)19-8-6-15(2)17(4)10-19/h5-13H,1-4H3,(H,26,28)(H,27,29)(H,30,31). The summed E-state index contributed by atoms with van der Waals surface area (Å²) in [6.07, 6.45) is 0. The predicted octanol–water partition coefficient (Wildman–Crippen LogP) is 5.12. The van der Waals surface area contributed by atoms with Crippen molar-refractivity contribution < 1.29 is 19.5 Å². The van der Waals surface area contributed by atoms with Gasteiger partial charge in [0.05, 0.1) is 5.56 Å². The third kappa shape index (κ3) is 5.17. The van der Waals surface area contributed by atoms with E-state index in [4.69, 9.17) is 0 Å². The highest BCUT2D eigenvalue weighted by atomic mass is 16.4. The van der Waals surface area contributed by atoms with E-state index in [1.807, 2.05) is 39.8 Å². The molecule has 0 spiro atoms. The van der Waals surface area contributed by atoms with Crippen LogP contribution in [0.15, 0.2) is 54.6 Å². The second-order valence-electron chi connectivity index (χ2n) is 7.61. The maximum Gasteiger partial charge on any atom is 0.335 e. The first-order valence-corrected chi connectivity index (χ1v) is 9.79. The van der Waals surface area contributed by atoms with Gasteiger partial charge in [0.2, 0.25) is 0 Å². The SMILES string of the molecule is Cc1ccc(C(=O)Nc2cc(NC(=O)c3ccc(C)c(C)c3)cc(C(=O)O)c2)cc1C. The Morgan fingerprint density at radius 3 is 1.35 bits per heavy atom. The van der Waals surface area contributed by atoms with Crippen molar-refractivity contribution in [2.45, 2.75) is 27.7 Å². The summed E-state index contributed by atoms with van der Waals surface area (Å²) >= 11 is 0. The zero-order valence-electron chi connectivity index (χ0n) is 17.9. The molecule has 0 atom stereocenters. The summed E-state index contributed by atoms with van der Waals surface area (Å²) < 4.78 is 0. The Morgan fingerprint density at radius 1 is 0.581 bits per heavy atom. The van der Waals surface area contributed by atoms with Crippen LogP contribution in [0.4, 0.5) is 11.4 Å². The summed E-state index contributed by atoms with van der Waals surface area (Å²) in [4.78, 5) is 36.8. The minimum atomic E-state index is -1.16. The Balaban J connectivity index is 1.87. The van der Waals surface area contributed by atoms with E-state index in [1.165, 1.54) is 18.2 Å². The maximum absolute atomic E-state index is 12.6. The van der Waals surface area contributed by atoms with Crippen molar-refractivity contribution in [1.82, 2.24) is 0 Å². The fourth-order valence-electron chi connectivity index (χ4n) is 3.07. The molecule has 31 heavy (non-hydrogen) atoms. The first-order valence-electron chi connectivity index (χ1n) is 9.79. The fourth-order valence-corrected chi connectivity index (χ4v) is 3.07. The van der Waals surface area contributed by atoms with Gasteiger partial charge in [-0.25, -0.2) is 4.79 Å². The van der Waals surface area contributed by atoms with Crippen molar-refractivity contribution in [3.63, 3.8) is 0 Å². The first-order chi connectivity index (χ1) is 14.6. The Hall–Kier alpha value is -3.93. The van der Waals surface area contributed by atoms with Crippen molar-refractivity contribution in [2.24, 2.45) is 0 Å². The molecule has 0 heterocycles. The average molecular weight is 416 g/mol. The van der Waals surface area contributed by atoms with Crippen LogP contribution in [0, 0.1) is 27.7 Å². The molecule has 3 aromatic rings. The van der Waals surface area contributed by atoms with E-state index in [-0.39, 0.29) is 28.8 Å². The molecule has 2 amide bonds. The number of aromatic carboxylic acids is 1. The molecule has 0 fully saturated rings. The van der Waals surface area contributed by atoms with Gasteiger partial charge < -0.3 is 15.7 Å². The number of amides is 2. The van der Waals surface area contributed by atoms with Crippen molar-refractivity contribution in [3.8, 4) is 0 Å². The van der Waals surface area contributed by atoms with Crippen molar-refractivity contribution in [3.05, 3.63) is 93.5 Å². The monoisotopic (exact) mass is 416 g/mol. The van der Waals surface area contributed by atoms with Gasteiger partial charge in [0.25, 0.3) is 11.8 Å². The lowest BCUT2D eigenvalue weighted by atomic mass is 10.1. The van der Waals surface area contributed by atoms with Crippen LogP contribution in [0.5, 0.6) is 0 Å². The van der Waals surface area contributed by atoms with Gasteiger partial charge >= 0.3 is 5.97 Å². The van der Waals surface area contributed by atoms with Crippen molar-refractivity contribution in [2.75, 3.05) is 10.6 Å². The van der Waals surface area contributed by atoms with E-state index in [0.29, 0.717) is 11.1 Å². The summed E-state index contributed by atoms with van der Waals surface area (Å²) in [6, 6.07) is 14.9. The molecule has 0 unspecified atom stereocenters. The van der Waals surface area contributed by atoms with E-state index in [9.17, 15) is 19.5 Å².